The number of nitrogens with one attached hydrogen (secondary N) is 1. The number of anilines is 1. The maximum absolute atomic E-state index is 12.5. The Kier molecular flexibility index (Phi) is 5.38. The third-order valence-corrected chi connectivity index (χ3v) is 5.70. The van der Waals surface area contributed by atoms with E-state index in [9.17, 15) is 9.59 Å². The van der Waals surface area contributed by atoms with Crippen molar-refractivity contribution < 1.29 is 13.9 Å². The van der Waals surface area contributed by atoms with Gasteiger partial charge < -0.3 is 14.5 Å². The van der Waals surface area contributed by atoms with E-state index >= 15 is 0 Å². The minimum absolute atomic E-state index is 0.140. The second kappa shape index (κ2) is 8.11. The van der Waals surface area contributed by atoms with E-state index < -0.39 is 5.63 Å². The summed E-state index contributed by atoms with van der Waals surface area (Å²) in [6, 6.07) is 7.57. The van der Waals surface area contributed by atoms with Gasteiger partial charge in [-0.3, -0.25) is 4.79 Å². The van der Waals surface area contributed by atoms with E-state index in [1.807, 2.05) is 29.8 Å². The molecule has 2 aromatic heterocycles. The Morgan fingerprint density at radius 2 is 2.10 bits per heavy atom. The van der Waals surface area contributed by atoms with E-state index in [0.29, 0.717) is 29.4 Å². The van der Waals surface area contributed by atoms with Gasteiger partial charge in [0.1, 0.15) is 17.2 Å². The van der Waals surface area contributed by atoms with E-state index in [2.05, 4.69) is 10.4 Å². The molecule has 7 heteroatoms. The molecule has 0 bridgehead atoms. The molecule has 0 saturated heterocycles. The van der Waals surface area contributed by atoms with Crippen LogP contribution in [0.1, 0.15) is 49.3 Å². The third-order valence-electron chi connectivity index (χ3n) is 5.70. The highest BCUT2D eigenvalue weighted by atomic mass is 16.5. The van der Waals surface area contributed by atoms with Crippen molar-refractivity contribution in [2.24, 2.45) is 0 Å². The fourth-order valence-corrected chi connectivity index (χ4v) is 4.09. The van der Waals surface area contributed by atoms with Gasteiger partial charge in [0.25, 0.3) is 0 Å². The van der Waals surface area contributed by atoms with Gasteiger partial charge in [0.15, 0.2) is 0 Å². The lowest BCUT2D eigenvalue weighted by atomic mass is 10.0. The molecular formula is C22H25N3O4. The predicted molar refractivity (Wildman–Crippen MR) is 110 cm³/mol. The number of benzene rings is 1. The molecule has 4 rings (SSSR count). The number of nitrogens with zero attached hydrogens (tertiary/aromatic N) is 2. The first-order valence-corrected chi connectivity index (χ1v) is 10.0. The Bertz CT molecular complexity index is 1090. The average Bonchev–Trinajstić information content (AvgIpc) is 3.38. The summed E-state index contributed by atoms with van der Waals surface area (Å²) in [7, 11) is 1.57. The predicted octanol–water partition coefficient (Wildman–Crippen LogP) is 3.99. The van der Waals surface area contributed by atoms with Crippen molar-refractivity contribution in [2.45, 2.75) is 51.5 Å². The van der Waals surface area contributed by atoms with Gasteiger partial charge in [-0.05, 0) is 43.9 Å². The molecule has 152 valence electrons. The van der Waals surface area contributed by atoms with E-state index in [-0.39, 0.29) is 12.3 Å². The normalized spacial score (nSPS) is 14.4. The van der Waals surface area contributed by atoms with Crippen LogP contribution in [-0.2, 0) is 11.2 Å². The number of hydrogen-bond donors (Lipinski definition) is 1. The summed E-state index contributed by atoms with van der Waals surface area (Å²) < 4.78 is 12.6. The number of fused-ring (bicyclic) bond motifs is 1. The number of aryl methyl sites for hydroxylation is 1. The SMILES string of the molecule is COc1ccc2c(C)c(CCC(=O)Nc3ccnn3C3CCCC3)c(=O)oc2c1. The van der Waals surface area contributed by atoms with Gasteiger partial charge >= 0.3 is 5.63 Å². The number of hydrogen-bond acceptors (Lipinski definition) is 5. The van der Waals surface area contributed by atoms with Gasteiger partial charge in [-0.2, -0.15) is 5.10 Å². The van der Waals surface area contributed by atoms with Crippen LogP contribution in [0.15, 0.2) is 39.7 Å². The number of carbonyl (C=O) groups is 1. The molecule has 1 saturated carbocycles. The number of rotatable bonds is 6. The molecule has 0 atom stereocenters. The molecule has 0 unspecified atom stereocenters. The Morgan fingerprint density at radius 3 is 2.86 bits per heavy atom. The summed E-state index contributed by atoms with van der Waals surface area (Å²) in [5.74, 6) is 1.21. The van der Waals surface area contributed by atoms with Crippen LogP contribution in [0.25, 0.3) is 11.0 Å². The van der Waals surface area contributed by atoms with Crippen LogP contribution in [0.2, 0.25) is 0 Å². The van der Waals surface area contributed by atoms with E-state index in [1.54, 1.807) is 19.4 Å². The van der Waals surface area contributed by atoms with Crippen molar-refractivity contribution >= 4 is 22.7 Å². The minimum Gasteiger partial charge on any atom is -0.497 e. The largest absolute Gasteiger partial charge is 0.497 e. The molecule has 1 amide bonds. The molecule has 1 N–H and O–H groups in total. The summed E-state index contributed by atoms with van der Waals surface area (Å²) in [4.78, 5) is 25.0. The first kappa shape index (κ1) is 19.2. The zero-order valence-corrected chi connectivity index (χ0v) is 16.7. The summed E-state index contributed by atoms with van der Waals surface area (Å²) >= 11 is 0. The lowest BCUT2D eigenvalue weighted by molar-refractivity contribution is -0.116. The van der Waals surface area contributed by atoms with Gasteiger partial charge in [-0.25, -0.2) is 9.48 Å². The standard InChI is InChI=1S/C22H25N3O4/c1-14-17-8-7-16(28-2)13-19(17)29-22(27)18(14)9-10-21(26)24-20-11-12-23-25(20)15-5-3-4-6-15/h7-8,11-13,15H,3-6,9-10H2,1-2H3,(H,24,26). The fraction of sp³-hybridized carbons (Fsp3) is 0.409. The monoisotopic (exact) mass is 395 g/mol. The highest BCUT2D eigenvalue weighted by molar-refractivity contribution is 5.90. The van der Waals surface area contributed by atoms with Crippen molar-refractivity contribution in [1.29, 1.82) is 0 Å². The van der Waals surface area contributed by atoms with E-state index in [1.165, 1.54) is 12.8 Å². The van der Waals surface area contributed by atoms with Crippen molar-refractivity contribution in [3.05, 3.63) is 52.0 Å². The lowest BCUT2D eigenvalue weighted by Gasteiger charge is -2.14. The molecule has 1 aliphatic carbocycles. The highest BCUT2D eigenvalue weighted by Gasteiger charge is 2.21. The molecule has 7 nitrogen and oxygen atoms in total. The molecule has 1 aromatic carbocycles. The summed E-state index contributed by atoms with van der Waals surface area (Å²) in [5.41, 5.74) is 1.44. The topological polar surface area (TPSA) is 86.4 Å². The van der Waals surface area contributed by atoms with Crippen LogP contribution in [0.5, 0.6) is 5.75 Å². The molecule has 0 spiro atoms. The van der Waals surface area contributed by atoms with Crippen LogP contribution < -0.4 is 15.7 Å². The average molecular weight is 395 g/mol. The van der Waals surface area contributed by atoms with Crippen LogP contribution in [-0.4, -0.2) is 22.8 Å². The highest BCUT2D eigenvalue weighted by Crippen LogP contribution is 2.31. The van der Waals surface area contributed by atoms with Gasteiger partial charge in [-0.15, -0.1) is 0 Å². The second-order valence-electron chi connectivity index (χ2n) is 7.50. The van der Waals surface area contributed by atoms with E-state index in [0.717, 1.165) is 29.6 Å². The van der Waals surface area contributed by atoms with Crippen LogP contribution in [0.3, 0.4) is 0 Å². The maximum Gasteiger partial charge on any atom is 0.339 e. The zero-order valence-electron chi connectivity index (χ0n) is 16.7. The fourth-order valence-electron chi connectivity index (χ4n) is 4.09. The van der Waals surface area contributed by atoms with Crippen molar-refractivity contribution in [2.75, 3.05) is 12.4 Å². The number of aromatic nitrogens is 2. The molecule has 1 aliphatic rings. The Hall–Kier alpha value is -3.09. The number of ether oxygens (including phenoxy) is 1. The summed E-state index contributed by atoms with van der Waals surface area (Å²) in [5, 5.41) is 8.16. The van der Waals surface area contributed by atoms with Gasteiger partial charge in [0, 0.05) is 29.5 Å². The number of amides is 1. The number of carbonyl (C=O) groups excluding carboxylic acids is 1. The van der Waals surface area contributed by atoms with Crippen molar-refractivity contribution in [1.82, 2.24) is 9.78 Å². The quantitative estimate of drug-likeness (QED) is 0.638. The van der Waals surface area contributed by atoms with Crippen LogP contribution in [0, 0.1) is 6.92 Å². The van der Waals surface area contributed by atoms with Crippen molar-refractivity contribution in [3.63, 3.8) is 0 Å². The Labute approximate surface area is 168 Å². The molecule has 0 aliphatic heterocycles. The Balaban J connectivity index is 1.48. The first-order chi connectivity index (χ1) is 14.1. The molecule has 3 aromatic rings. The summed E-state index contributed by atoms with van der Waals surface area (Å²) in [6.07, 6.45) is 6.80. The zero-order chi connectivity index (χ0) is 20.4. The molecule has 2 heterocycles. The molecule has 1 fully saturated rings. The summed E-state index contributed by atoms with van der Waals surface area (Å²) in [6.45, 7) is 1.88. The van der Waals surface area contributed by atoms with Crippen LogP contribution in [0.4, 0.5) is 5.82 Å². The molecule has 0 radical (unpaired) electrons. The first-order valence-electron chi connectivity index (χ1n) is 10.0. The van der Waals surface area contributed by atoms with Crippen LogP contribution >= 0.6 is 0 Å². The third kappa shape index (κ3) is 3.90. The van der Waals surface area contributed by atoms with E-state index in [4.69, 9.17) is 9.15 Å². The smallest absolute Gasteiger partial charge is 0.339 e. The molecule has 29 heavy (non-hydrogen) atoms. The number of methoxy groups -OCH3 is 1. The maximum atomic E-state index is 12.5. The van der Waals surface area contributed by atoms with Crippen molar-refractivity contribution in [3.8, 4) is 5.75 Å². The second-order valence-corrected chi connectivity index (χ2v) is 7.50. The minimum atomic E-state index is -0.410. The lowest BCUT2D eigenvalue weighted by Crippen LogP contribution is -2.19. The molecular weight excluding hydrogens is 370 g/mol. The Morgan fingerprint density at radius 1 is 1.31 bits per heavy atom. The van der Waals surface area contributed by atoms with Gasteiger partial charge in [0.2, 0.25) is 5.91 Å². The van der Waals surface area contributed by atoms with Gasteiger partial charge in [0.05, 0.1) is 19.3 Å². The van der Waals surface area contributed by atoms with Gasteiger partial charge in [-0.1, -0.05) is 12.8 Å².